The fourth-order valence-electron chi connectivity index (χ4n) is 2.19. The van der Waals surface area contributed by atoms with Gasteiger partial charge in [0.05, 0.1) is 21.0 Å². The number of amides is 2. The molecule has 2 amide bonds. The Morgan fingerprint density at radius 2 is 1.85 bits per heavy atom. The standard InChI is InChI=1S/C19H20Cl2N2O2S/c1-3-6-17(24)22-13-7-4-8-14(11-13)26-12(2)19(25)23-16-10-5-9-15(20)18(16)21/h4-5,7-12H,3,6H2,1-2H3,(H,22,24)(H,23,25). The lowest BCUT2D eigenvalue weighted by Gasteiger charge is -2.14. The van der Waals surface area contributed by atoms with E-state index in [0.717, 1.165) is 17.0 Å². The molecule has 0 aliphatic rings. The molecule has 0 aliphatic heterocycles. The van der Waals surface area contributed by atoms with Crippen molar-refractivity contribution in [1.82, 2.24) is 0 Å². The zero-order chi connectivity index (χ0) is 19.1. The molecule has 7 heteroatoms. The van der Waals surface area contributed by atoms with Gasteiger partial charge in [0.1, 0.15) is 0 Å². The monoisotopic (exact) mass is 410 g/mol. The Balaban J connectivity index is 2.00. The average molecular weight is 411 g/mol. The number of benzene rings is 2. The summed E-state index contributed by atoms with van der Waals surface area (Å²) in [6, 6.07) is 12.5. The Morgan fingerprint density at radius 3 is 2.58 bits per heavy atom. The molecule has 1 atom stereocenters. The summed E-state index contributed by atoms with van der Waals surface area (Å²) in [7, 11) is 0. The van der Waals surface area contributed by atoms with E-state index in [4.69, 9.17) is 23.2 Å². The van der Waals surface area contributed by atoms with Crippen molar-refractivity contribution in [3.05, 3.63) is 52.5 Å². The minimum absolute atomic E-state index is 0.0176. The van der Waals surface area contributed by atoms with Gasteiger partial charge in [-0.15, -0.1) is 11.8 Å². The Bertz CT molecular complexity index is 799. The van der Waals surface area contributed by atoms with E-state index in [2.05, 4.69) is 10.6 Å². The van der Waals surface area contributed by atoms with Crippen molar-refractivity contribution in [3.63, 3.8) is 0 Å². The van der Waals surface area contributed by atoms with E-state index in [1.54, 1.807) is 25.1 Å². The molecule has 138 valence electrons. The van der Waals surface area contributed by atoms with Gasteiger partial charge in [0, 0.05) is 17.0 Å². The Hall–Kier alpha value is -1.69. The fraction of sp³-hybridized carbons (Fsp3) is 0.263. The highest BCUT2D eigenvalue weighted by molar-refractivity contribution is 8.00. The van der Waals surface area contributed by atoms with Crippen LogP contribution in [0.15, 0.2) is 47.4 Å². The molecule has 2 aromatic rings. The van der Waals surface area contributed by atoms with Crippen LogP contribution in [0.3, 0.4) is 0 Å². The molecule has 0 spiro atoms. The summed E-state index contributed by atoms with van der Waals surface area (Å²) in [6.45, 7) is 3.76. The van der Waals surface area contributed by atoms with Crippen LogP contribution in [0, 0.1) is 0 Å². The highest BCUT2D eigenvalue weighted by Gasteiger charge is 2.17. The lowest BCUT2D eigenvalue weighted by atomic mass is 10.3. The summed E-state index contributed by atoms with van der Waals surface area (Å²) in [5.74, 6) is -0.198. The lowest BCUT2D eigenvalue weighted by molar-refractivity contribution is -0.116. The Kier molecular flexibility index (Phi) is 7.82. The van der Waals surface area contributed by atoms with Crippen LogP contribution in [0.2, 0.25) is 10.0 Å². The predicted octanol–water partition coefficient (Wildman–Crippen LogP) is 5.85. The van der Waals surface area contributed by atoms with Gasteiger partial charge < -0.3 is 10.6 Å². The van der Waals surface area contributed by atoms with E-state index < -0.39 is 0 Å². The van der Waals surface area contributed by atoms with Crippen LogP contribution in [0.25, 0.3) is 0 Å². The van der Waals surface area contributed by atoms with E-state index in [9.17, 15) is 9.59 Å². The van der Waals surface area contributed by atoms with Crippen molar-refractivity contribution in [3.8, 4) is 0 Å². The fourth-order valence-corrected chi connectivity index (χ4v) is 3.46. The molecule has 26 heavy (non-hydrogen) atoms. The van der Waals surface area contributed by atoms with Crippen LogP contribution in [0.5, 0.6) is 0 Å². The summed E-state index contributed by atoms with van der Waals surface area (Å²) in [5.41, 5.74) is 1.20. The SMILES string of the molecule is CCCC(=O)Nc1cccc(SC(C)C(=O)Nc2cccc(Cl)c2Cl)c1. The first-order valence-electron chi connectivity index (χ1n) is 8.22. The number of thioether (sulfide) groups is 1. The van der Waals surface area contributed by atoms with E-state index >= 15 is 0 Å². The smallest absolute Gasteiger partial charge is 0.237 e. The van der Waals surface area contributed by atoms with E-state index in [-0.39, 0.29) is 17.1 Å². The van der Waals surface area contributed by atoms with E-state index in [1.165, 1.54) is 11.8 Å². The molecular formula is C19H20Cl2N2O2S. The lowest BCUT2D eigenvalue weighted by Crippen LogP contribution is -2.22. The summed E-state index contributed by atoms with van der Waals surface area (Å²) in [5, 5.41) is 6.00. The molecule has 2 rings (SSSR count). The van der Waals surface area contributed by atoms with Gasteiger partial charge in [-0.25, -0.2) is 0 Å². The number of carbonyl (C=O) groups excluding carboxylic acids is 2. The highest BCUT2D eigenvalue weighted by atomic mass is 35.5. The van der Waals surface area contributed by atoms with Crippen LogP contribution in [0.4, 0.5) is 11.4 Å². The van der Waals surface area contributed by atoms with Gasteiger partial charge >= 0.3 is 0 Å². The molecular weight excluding hydrogens is 391 g/mol. The molecule has 1 unspecified atom stereocenters. The summed E-state index contributed by atoms with van der Waals surface area (Å²) in [6.07, 6.45) is 1.28. The first-order chi connectivity index (χ1) is 12.4. The number of halogens is 2. The first kappa shape index (κ1) is 20.6. The van der Waals surface area contributed by atoms with E-state index in [0.29, 0.717) is 22.2 Å². The van der Waals surface area contributed by atoms with Gasteiger partial charge in [0.2, 0.25) is 11.8 Å². The van der Waals surface area contributed by atoms with Gasteiger partial charge in [0.25, 0.3) is 0 Å². The van der Waals surface area contributed by atoms with Crippen LogP contribution >= 0.6 is 35.0 Å². The summed E-state index contributed by atoms with van der Waals surface area (Å²) >= 11 is 13.5. The maximum atomic E-state index is 12.4. The summed E-state index contributed by atoms with van der Waals surface area (Å²) in [4.78, 5) is 25.0. The third-order valence-corrected chi connectivity index (χ3v) is 5.40. The second-order valence-electron chi connectivity index (χ2n) is 5.68. The maximum Gasteiger partial charge on any atom is 0.237 e. The van der Waals surface area contributed by atoms with Crippen molar-refractivity contribution in [2.75, 3.05) is 10.6 Å². The number of carbonyl (C=O) groups is 2. The van der Waals surface area contributed by atoms with Crippen LogP contribution in [-0.2, 0) is 9.59 Å². The Morgan fingerprint density at radius 1 is 1.12 bits per heavy atom. The third-order valence-electron chi connectivity index (χ3n) is 3.49. The van der Waals surface area contributed by atoms with Crippen molar-refractivity contribution >= 4 is 58.2 Å². The third kappa shape index (κ3) is 5.94. The molecule has 2 N–H and O–H groups in total. The van der Waals surface area contributed by atoms with Gasteiger partial charge in [-0.05, 0) is 43.7 Å². The molecule has 0 aromatic heterocycles. The number of anilines is 2. The molecule has 0 bridgehead atoms. The van der Waals surface area contributed by atoms with Crippen LogP contribution in [0.1, 0.15) is 26.7 Å². The van der Waals surface area contributed by atoms with E-state index in [1.807, 2.05) is 31.2 Å². The Labute approximate surface area is 167 Å². The van der Waals surface area contributed by atoms with Crippen LogP contribution < -0.4 is 10.6 Å². The molecule has 0 radical (unpaired) electrons. The normalized spacial score (nSPS) is 11.7. The highest BCUT2D eigenvalue weighted by Crippen LogP contribution is 2.31. The number of hydrogen-bond acceptors (Lipinski definition) is 3. The molecule has 0 heterocycles. The quantitative estimate of drug-likeness (QED) is 0.562. The molecule has 0 saturated heterocycles. The van der Waals surface area contributed by atoms with Gasteiger partial charge in [-0.2, -0.15) is 0 Å². The number of hydrogen-bond donors (Lipinski definition) is 2. The zero-order valence-electron chi connectivity index (χ0n) is 14.5. The van der Waals surface area contributed by atoms with Crippen LogP contribution in [-0.4, -0.2) is 17.1 Å². The number of rotatable bonds is 7. The van der Waals surface area contributed by atoms with Crippen molar-refractivity contribution in [2.45, 2.75) is 36.8 Å². The van der Waals surface area contributed by atoms with Crippen molar-refractivity contribution < 1.29 is 9.59 Å². The second kappa shape index (κ2) is 9.86. The summed E-state index contributed by atoms with van der Waals surface area (Å²) < 4.78 is 0. The first-order valence-corrected chi connectivity index (χ1v) is 9.85. The largest absolute Gasteiger partial charge is 0.326 e. The number of nitrogens with one attached hydrogen (secondary N) is 2. The van der Waals surface area contributed by atoms with Gasteiger partial charge in [0.15, 0.2) is 0 Å². The van der Waals surface area contributed by atoms with Gasteiger partial charge in [-0.3, -0.25) is 9.59 Å². The maximum absolute atomic E-state index is 12.4. The van der Waals surface area contributed by atoms with Gasteiger partial charge in [-0.1, -0.05) is 42.3 Å². The predicted molar refractivity (Wildman–Crippen MR) is 110 cm³/mol. The minimum Gasteiger partial charge on any atom is -0.326 e. The zero-order valence-corrected chi connectivity index (χ0v) is 16.8. The molecule has 0 aliphatic carbocycles. The molecule has 4 nitrogen and oxygen atoms in total. The molecule has 0 saturated carbocycles. The molecule has 2 aromatic carbocycles. The average Bonchev–Trinajstić information content (AvgIpc) is 2.59. The van der Waals surface area contributed by atoms with Crippen molar-refractivity contribution in [1.29, 1.82) is 0 Å². The second-order valence-corrected chi connectivity index (χ2v) is 7.88. The van der Waals surface area contributed by atoms with Crippen molar-refractivity contribution in [2.24, 2.45) is 0 Å². The minimum atomic E-state index is -0.355. The molecule has 0 fully saturated rings. The topological polar surface area (TPSA) is 58.2 Å².